The highest BCUT2D eigenvalue weighted by Crippen LogP contribution is 2.57. The van der Waals surface area contributed by atoms with Crippen LogP contribution in [0.4, 0.5) is 4.39 Å². The number of ether oxygens (including phenoxy) is 1. The van der Waals surface area contributed by atoms with Crippen molar-refractivity contribution in [2.75, 3.05) is 0 Å². The maximum absolute atomic E-state index is 14.7. The Hall–Kier alpha value is -2.37. The molecule has 0 amide bonds. The molecule has 1 heterocycles. The Kier molecular flexibility index (Phi) is 4.64. The Labute approximate surface area is 179 Å². The molecule has 0 unspecified atom stereocenters. The van der Waals surface area contributed by atoms with Crippen LogP contribution in [0.5, 0.6) is 5.75 Å². The van der Waals surface area contributed by atoms with Gasteiger partial charge in [0.25, 0.3) is 5.56 Å². The maximum atomic E-state index is 14.7. The number of aromatic nitrogens is 1. The predicted molar refractivity (Wildman–Crippen MR) is 117 cm³/mol. The quantitative estimate of drug-likeness (QED) is 0.611. The van der Waals surface area contributed by atoms with Gasteiger partial charge in [-0.1, -0.05) is 29.8 Å². The highest BCUT2D eigenvalue weighted by atomic mass is 35.5. The summed E-state index contributed by atoms with van der Waals surface area (Å²) in [5.41, 5.74) is 6.58. The fourth-order valence-corrected chi connectivity index (χ4v) is 5.37. The summed E-state index contributed by atoms with van der Waals surface area (Å²) < 4.78 is 21.0. The van der Waals surface area contributed by atoms with E-state index in [0.717, 1.165) is 49.5 Å². The third-order valence-electron chi connectivity index (χ3n) is 7.04. The van der Waals surface area contributed by atoms with Crippen molar-refractivity contribution in [1.82, 2.24) is 4.98 Å². The zero-order chi connectivity index (χ0) is 20.9. The van der Waals surface area contributed by atoms with Crippen molar-refractivity contribution in [2.45, 2.75) is 55.6 Å². The summed E-state index contributed by atoms with van der Waals surface area (Å²) in [6.07, 6.45) is 6.55. The van der Waals surface area contributed by atoms with Crippen LogP contribution in [0.3, 0.4) is 0 Å². The van der Waals surface area contributed by atoms with Gasteiger partial charge in [0.05, 0.1) is 11.1 Å². The number of halogens is 2. The van der Waals surface area contributed by atoms with Crippen molar-refractivity contribution in [3.8, 4) is 5.75 Å². The van der Waals surface area contributed by atoms with E-state index in [1.54, 1.807) is 18.3 Å². The summed E-state index contributed by atoms with van der Waals surface area (Å²) in [7, 11) is 0. The van der Waals surface area contributed by atoms with E-state index in [4.69, 9.17) is 22.1 Å². The molecule has 0 aliphatic heterocycles. The van der Waals surface area contributed by atoms with Crippen molar-refractivity contribution in [2.24, 2.45) is 5.73 Å². The van der Waals surface area contributed by atoms with Gasteiger partial charge in [-0.05, 0) is 73.7 Å². The Balaban J connectivity index is 1.39. The Bertz CT molecular complexity index is 1160. The SMILES string of the molecule is NC1(C2(c3ccccc3F)CCC(Oc3cc4cc[nH]c(=O)c4cc3Cl)CC2)CC1. The second-order valence-electron chi connectivity index (χ2n) is 8.71. The van der Waals surface area contributed by atoms with E-state index in [9.17, 15) is 9.18 Å². The molecule has 2 saturated carbocycles. The predicted octanol–water partition coefficient (Wildman–Crippen LogP) is 5.07. The van der Waals surface area contributed by atoms with Gasteiger partial charge in [0.15, 0.2) is 0 Å². The van der Waals surface area contributed by atoms with Crippen LogP contribution in [0.2, 0.25) is 5.02 Å². The number of hydrogen-bond donors (Lipinski definition) is 2. The van der Waals surface area contributed by atoms with Gasteiger partial charge in [-0.3, -0.25) is 4.79 Å². The van der Waals surface area contributed by atoms with Crippen molar-refractivity contribution in [3.63, 3.8) is 0 Å². The molecule has 4 nitrogen and oxygen atoms in total. The van der Waals surface area contributed by atoms with Gasteiger partial charge in [0, 0.05) is 22.5 Å². The Morgan fingerprint density at radius 1 is 1.10 bits per heavy atom. The average molecular weight is 427 g/mol. The molecular formula is C24H24ClFN2O2. The van der Waals surface area contributed by atoms with Crippen molar-refractivity contribution >= 4 is 22.4 Å². The highest BCUT2D eigenvalue weighted by Gasteiger charge is 2.59. The van der Waals surface area contributed by atoms with E-state index >= 15 is 0 Å². The molecule has 2 aliphatic carbocycles. The minimum absolute atomic E-state index is 0.0239. The molecule has 5 rings (SSSR count). The summed E-state index contributed by atoms with van der Waals surface area (Å²) in [6.45, 7) is 0. The highest BCUT2D eigenvalue weighted by molar-refractivity contribution is 6.32. The summed E-state index contributed by atoms with van der Waals surface area (Å²) in [5, 5.41) is 1.74. The number of nitrogens with two attached hydrogens (primary N) is 1. The fraction of sp³-hybridized carbons (Fsp3) is 0.375. The molecule has 156 valence electrons. The summed E-state index contributed by atoms with van der Waals surface area (Å²) in [5.74, 6) is 0.406. The van der Waals surface area contributed by atoms with Gasteiger partial charge in [0.1, 0.15) is 11.6 Å². The van der Waals surface area contributed by atoms with Crippen LogP contribution in [-0.2, 0) is 5.41 Å². The molecule has 3 N–H and O–H groups in total. The Morgan fingerprint density at radius 2 is 1.83 bits per heavy atom. The van der Waals surface area contributed by atoms with Gasteiger partial charge in [0.2, 0.25) is 0 Å². The summed E-state index contributed by atoms with van der Waals surface area (Å²) in [6, 6.07) is 12.3. The third kappa shape index (κ3) is 3.12. The lowest BCUT2D eigenvalue weighted by molar-refractivity contribution is 0.0981. The van der Waals surface area contributed by atoms with Gasteiger partial charge in [-0.25, -0.2) is 4.39 Å². The zero-order valence-electron chi connectivity index (χ0n) is 16.6. The second kappa shape index (κ2) is 7.10. The van der Waals surface area contributed by atoms with Gasteiger partial charge < -0.3 is 15.5 Å². The first kappa shape index (κ1) is 19.6. The monoisotopic (exact) mass is 426 g/mol. The van der Waals surface area contributed by atoms with Gasteiger partial charge in [-0.15, -0.1) is 0 Å². The number of pyridine rings is 1. The second-order valence-corrected chi connectivity index (χ2v) is 9.12. The van der Waals surface area contributed by atoms with Crippen LogP contribution in [-0.4, -0.2) is 16.6 Å². The number of benzene rings is 2. The number of hydrogen-bond acceptors (Lipinski definition) is 3. The largest absolute Gasteiger partial charge is 0.489 e. The topological polar surface area (TPSA) is 68.1 Å². The first-order valence-electron chi connectivity index (χ1n) is 10.4. The molecule has 0 radical (unpaired) electrons. The zero-order valence-corrected chi connectivity index (χ0v) is 17.3. The van der Waals surface area contributed by atoms with Gasteiger partial charge >= 0.3 is 0 Å². The van der Waals surface area contributed by atoms with E-state index in [2.05, 4.69) is 4.98 Å². The Morgan fingerprint density at radius 3 is 2.53 bits per heavy atom. The van der Waals surface area contributed by atoms with Crippen LogP contribution in [0, 0.1) is 5.82 Å². The number of rotatable bonds is 4. The number of aromatic amines is 1. The average Bonchev–Trinajstić information content (AvgIpc) is 3.49. The smallest absolute Gasteiger partial charge is 0.255 e. The molecule has 0 bridgehead atoms. The lowest BCUT2D eigenvalue weighted by Crippen LogP contribution is -2.51. The summed E-state index contributed by atoms with van der Waals surface area (Å²) >= 11 is 6.40. The lowest BCUT2D eigenvalue weighted by Gasteiger charge is -2.45. The standard InChI is InChI=1S/C24H24ClFN2O2/c25-19-14-17-15(7-12-28-22(17)29)13-21(19)30-16-5-8-23(9-6-16,24(27)10-11-24)18-3-1-2-4-20(18)26/h1-4,7,12-14,16H,5-6,8-11,27H2,(H,28,29). The first-order valence-corrected chi connectivity index (χ1v) is 10.8. The number of H-pyrrole nitrogens is 1. The normalized spacial score (nSPS) is 25.2. The maximum Gasteiger partial charge on any atom is 0.255 e. The van der Waals surface area contributed by atoms with Crippen molar-refractivity contribution in [1.29, 1.82) is 0 Å². The molecule has 2 aliphatic rings. The fourth-order valence-electron chi connectivity index (χ4n) is 5.16. The van der Waals surface area contributed by atoms with E-state index in [-0.39, 0.29) is 28.4 Å². The first-order chi connectivity index (χ1) is 14.4. The van der Waals surface area contributed by atoms with Gasteiger partial charge in [-0.2, -0.15) is 0 Å². The van der Waals surface area contributed by atoms with Crippen LogP contribution >= 0.6 is 11.6 Å². The molecular weight excluding hydrogens is 403 g/mol. The molecule has 3 aromatic rings. The minimum atomic E-state index is -0.349. The van der Waals surface area contributed by atoms with Crippen molar-refractivity contribution in [3.05, 3.63) is 75.4 Å². The van der Waals surface area contributed by atoms with E-state index < -0.39 is 0 Å². The van der Waals surface area contributed by atoms with Crippen LogP contribution < -0.4 is 16.0 Å². The van der Waals surface area contributed by atoms with Crippen LogP contribution in [0.1, 0.15) is 44.1 Å². The molecule has 2 fully saturated rings. The molecule has 6 heteroatoms. The molecule has 30 heavy (non-hydrogen) atoms. The number of nitrogens with one attached hydrogen (secondary N) is 1. The number of fused-ring (bicyclic) bond motifs is 1. The van der Waals surface area contributed by atoms with E-state index in [1.165, 1.54) is 6.07 Å². The molecule has 0 spiro atoms. The van der Waals surface area contributed by atoms with E-state index in [0.29, 0.717) is 16.2 Å². The molecule has 1 aromatic heterocycles. The van der Waals surface area contributed by atoms with Crippen molar-refractivity contribution < 1.29 is 9.13 Å². The van der Waals surface area contributed by atoms with Crippen LogP contribution in [0.15, 0.2) is 53.5 Å². The third-order valence-corrected chi connectivity index (χ3v) is 7.33. The molecule has 0 atom stereocenters. The van der Waals surface area contributed by atoms with Crippen LogP contribution in [0.25, 0.3) is 10.8 Å². The van der Waals surface area contributed by atoms with E-state index in [1.807, 2.05) is 24.3 Å². The lowest BCUT2D eigenvalue weighted by atomic mass is 9.62. The summed E-state index contributed by atoms with van der Waals surface area (Å²) in [4.78, 5) is 14.6. The molecule has 0 saturated heterocycles. The minimum Gasteiger partial charge on any atom is -0.489 e. The molecule has 2 aromatic carbocycles.